The molecule has 0 aliphatic heterocycles. The summed E-state index contributed by atoms with van der Waals surface area (Å²) in [4.78, 5) is 3.99. The van der Waals surface area contributed by atoms with Crippen molar-refractivity contribution in [3.8, 4) is 0 Å². The lowest BCUT2D eigenvalue weighted by Crippen LogP contribution is -2.38. The molecular weight excluding hydrogens is 246 g/mol. The number of hydrogen-bond acceptors (Lipinski definition) is 2. The summed E-state index contributed by atoms with van der Waals surface area (Å²) in [5.74, 6) is 1.27. The number of halogens is 1. The quantitative estimate of drug-likeness (QED) is 0.902. The monoisotopic (exact) mass is 267 g/mol. The standard InChI is InChI=1S/C15H22ClNO/c1-11(2)12-4-3-6-15(18,8-12)9-13-5-7-17-10-14(13)16/h5,7,10-12,18H,3-4,6,8-9H2,1-2H3. The lowest BCUT2D eigenvalue weighted by molar-refractivity contribution is -0.0239. The number of aliphatic hydroxyl groups is 1. The van der Waals surface area contributed by atoms with Crippen LogP contribution in [0.3, 0.4) is 0 Å². The molecule has 1 aliphatic carbocycles. The molecule has 100 valence electrons. The van der Waals surface area contributed by atoms with Gasteiger partial charge in [-0.3, -0.25) is 4.98 Å². The van der Waals surface area contributed by atoms with E-state index >= 15 is 0 Å². The van der Waals surface area contributed by atoms with Crippen LogP contribution in [0.15, 0.2) is 18.5 Å². The second-order valence-electron chi connectivity index (χ2n) is 5.97. The third kappa shape index (κ3) is 3.24. The van der Waals surface area contributed by atoms with Crippen LogP contribution in [-0.2, 0) is 6.42 Å². The van der Waals surface area contributed by atoms with Crippen LogP contribution in [0.2, 0.25) is 5.02 Å². The molecule has 1 saturated carbocycles. The zero-order valence-electron chi connectivity index (χ0n) is 11.2. The van der Waals surface area contributed by atoms with Gasteiger partial charge in [0, 0.05) is 18.8 Å². The number of pyridine rings is 1. The van der Waals surface area contributed by atoms with Gasteiger partial charge in [0.2, 0.25) is 0 Å². The summed E-state index contributed by atoms with van der Waals surface area (Å²) in [5, 5.41) is 11.5. The van der Waals surface area contributed by atoms with E-state index in [1.54, 1.807) is 12.4 Å². The van der Waals surface area contributed by atoms with Gasteiger partial charge in [-0.05, 0) is 42.7 Å². The summed E-state index contributed by atoms with van der Waals surface area (Å²) < 4.78 is 0. The van der Waals surface area contributed by atoms with Crippen LogP contribution < -0.4 is 0 Å². The van der Waals surface area contributed by atoms with Gasteiger partial charge in [-0.1, -0.05) is 31.9 Å². The molecule has 3 heteroatoms. The molecule has 1 aromatic rings. The highest BCUT2D eigenvalue weighted by molar-refractivity contribution is 6.31. The molecule has 0 saturated heterocycles. The van der Waals surface area contributed by atoms with Crippen LogP contribution in [0, 0.1) is 11.8 Å². The Morgan fingerprint density at radius 1 is 1.56 bits per heavy atom. The molecule has 0 aromatic carbocycles. The average Bonchev–Trinajstić information content (AvgIpc) is 2.32. The highest BCUT2D eigenvalue weighted by Gasteiger charge is 2.35. The first-order valence-electron chi connectivity index (χ1n) is 6.81. The van der Waals surface area contributed by atoms with Crippen molar-refractivity contribution >= 4 is 11.6 Å². The van der Waals surface area contributed by atoms with E-state index in [-0.39, 0.29) is 0 Å². The number of aromatic nitrogens is 1. The van der Waals surface area contributed by atoms with Crippen molar-refractivity contribution in [3.05, 3.63) is 29.0 Å². The molecule has 0 bridgehead atoms. The van der Waals surface area contributed by atoms with Gasteiger partial charge < -0.3 is 5.11 Å². The molecule has 2 atom stereocenters. The largest absolute Gasteiger partial charge is 0.390 e. The van der Waals surface area contributed by atoms with E-state index in [9.17, 15) is 5.11 Å². The van der Waals surface area contributed by atoms with Crippen molar-refractivity contribution in [1.29, 1.82) is 0 Å². The molecule has 2 nitrogen and oxygen atoms in total. The number of nitrogens with zero attached hydrogens (tertiary/aromatic N) is 1. The molecule has 1 N–H and O–H groups in total. The zero-order valence-corrected chi connectivity index (χ0v) is 12.0. The lowest BCUT2D eigenvalue weighted by Gasteiger charge is -2.38. The summed E-state index contributed by atoms with van der Waals surface area (Å²) in [6, 6.07) is 1.92. The molecular formula is C15H22ClNO. The van der Waals surface area contributed by atoms with E-state index < -0.39 is 5.60 Å². The molecule has 2 unspecified atom stereocenters. The Balaban J connectivity index is 2.09. The molecule has 0 amide bonds. The van der Waals surface area contributed by atoms with Gasteiger partial charge in [0.05, 0.1) is 10.6 Å². The summed E-state index contributed by atoms with van der Waals surface area (Å²) in [6.45, 7) is 4.49. The fourth-order valence-corrected chi connectivity index (χ4v) is 3.20. The van der Waals surface area contributed by atoms with Crippen molar-refractivity contribution in [3.63, 3.8) is 0 Å². The predicted octanol–water partition coefficient (Wildman–Crippen LogP) is 3.85. The Morgan fingerprint density at radius 2 is 2.33 bits per heavy atom. The zero-order chi connectivity index (χ0) is 13.2. The van der Waals surface area contributed by atoms with Gasteiger partial charge in [-0.15, -0.1) is 0 Å². The average molecular weight is 268 g/mol. The highest BCUT2D eigenvalue weighted by atomic mass is 35.5. The van der Waals surface area contributed by atoms with Gasteiger partial charge in [-0.25, -0.2) is 0 Å². The van der Waals surface area contributed by atoms with E-state index in [1.807, 2.05) is 6.07 Å². The number of rotatable bonds is 3. The Kier molecular flexibility index (Phi) is 4.29. The van der Waals surface area contributed by atoms with Crippen LogP contribution in [0.5, 0.6) is 0 Å². The maximum Gasteiger partial charge on any atom is 0.0691 e. The van der Waals surface area contributed by atoms with E-state index in [1.165, 1.54) is 6.42 Å². The SMILES string of the molecule is CC(C)C1CCCC(O)(Cc2ccncc2Cl)C1. The topological polar surface area (TPSA) is 33.1 Å². The Labute approximate surface area is 114 Å². The molecule has 1 aromatic heterocycles. The van der Waals surface area contributed by atoms with Crippen molar-refractivity contribution in [2.45, 2.75) is 51.6 Å². The van der Waals surface area contributed by atoms with E-state index in [4.69, 9.17) is 11.6 Å². The predicted molar refractivity (Wildman–Crippen MR) is 74.7 cm³/mol. The number of hydrogen-bond donors (Lipinski definition) is 1. The summed E-state index contributed by atoms with van der Waals surface area (Å²) >= 11 is 6.13. The molecule has 1 aliphatic rings. The lowest BCUT2D eigenvalue weighted by atomic mass is 9.71. The van der Waals surface area contributed by atoms with E-state index in [0.717, 1.165) is 24.8 Å². The minimum absolute atomic E-state index is 0.585. The fourth-order valence-electron chi connectivity index (χ4n) is 3.02. The van der Waals surface area contributed by atoms with Crippen LogP contribution in [0.1, 0.15) is 45.1 Å². The third-order valence-corrected chi connectivity index (χ3v) is 4.52. The fraction of sp³-hybridized carbons (Fsp3) is 0.667. The Hall–Kier alpha value is -0.600. The van der Waals surface area contributed by atoms with Crippen molar-refractivity contribution < 1.29 is 5.11 Å². The van der Waals surface area contributed by atoms with Crippen molar-refractivity contribution in [2.24, 2.45) is 11.8 Å². The third-order valence-electron chi connectivity index (χ3n) is 4.18. The van der Waals surface area contributed by atoms with Crippen LogP contribution in [-0.4, -0.2) is 15.7 Å². The van der Waals surface area contributed by atoms with Crippen LogP contribution in [0.25, 0.3) is 0 Å². The van der Waals surface area contributed by atoms with Crippen LogP contribution >= 0.6 is 11.6 Å². The first-order chi connectivity index (χ1) is 8.50. The van der Waals surface area contributed by atoms with Crippen molar-refractivity contribution in [1.82, 2.24) is 4.98 Å². The Morgan fingerprint density at radius 3 is 3.00 bits per heavy atom. The summed E-state index contributed by atoms with van der Waals surface area (Å²) in [6.07, 6.45) is 8.18. The maximum atomic E-state index is 10.8. The summed E-state index contributed by atoms with van der Waals surface area (Å²) in [5.41, 5.74) is 0.427. The van der Waals surface area contributed by atoms with Gasteiger partial charge in [0.1, 0.15) is 0 Å². The van der Waals surface area contributed by atoms with Gasteiger partial charge in [-0.2, -0.15) is 0 Å². The van der Waals surface area contributed by atoms with Crippen molar-refractivity contribution in [2.75, 3.05) is 0 Å². The normalized spacial score (nSPS) is 28.6. The minimum atomic E-state index is -0.585. The molecule has 0 spiro atoms. The van der Waals surface area contributed by atoms with Crippen LogP contribution in [0.4, 0.5) is 0 Å². The van der Waals surface area contributed by atoms with Gasteiger partial charge >= 0.3 is 0 Å². The molecule has 2 rings (SSSR count). The Bertz CT molecular complexity index is 407. The van der Waals surface area contributed by atoms with E-state index in [2.05, 4.69) is 18.8 Å². The van der Waals surface area contributed by atoms with Gasteiger partial charge in [0.25, 0.3) is 0 Å². The second-order valence-corrected chi connectivity index (χ2v) is 6.38. The smallest absolute Gasteiger partial charge is 0.0691 e. The highest BCUT2D eigenvalue weighted by Crippen LogP contribution is 2.38. The van der Waals surface area contributed by atoms with Gasteiger partial charge in [0.15, 0.2) is 0 Å². The first-order valence-corrected chi connectivity index (χ1v) is 7.19. The molecule has 18 heavy (non-hydrogen) atoms. The molecule has 1 heterocycles. The molecule has 0 radical (unpaired) electrons. The maximum absolute atomic E-state index is 10.8. The minimum Gasteiger partial charge on any atom is -0.390 e. The molecule has 1 fully saturated rings. The summed E-state index contributed by atoms with van der Waals surface area (Å²) in [7, 11) is 0. The van der Waals surface area contributed by atoms with E-state index in [0.29, 0.717) is 23.3 Å². The first kappa shape index (κ1) is 13.8. The second kappa shape index (κ2) is 5.58.